The molecule has 1 aliphatic heterocycles. The number of nitrogens with zero attached hydrogens (tertiary/aromatic N) is 3. The van der Waals surface area contributed by atoms with E-state index in [1.165, 1.54) is 0 Å². The van der Waals surface area contributed by atoms with Gasteiger partial charge in [0.25, 0.3) is 11.4 Å². The third kappa shape index (κ3) is 3.70. The second kappa shape index (κ2) is 6.81. The van der Waals surface area contributed by atoms with Gasteiger partial charge in [-0.2, -0.15) is 13.2 Å². The summed E-state index contributed by atoms with van der Waals surface area (Å²) in [7, 11) is 0. The normalized spacial score (nSPS) is 15.9. The van der Waals surface area contributed by atoms with Gasteiger partial charge in [0.05, 0.1) is 0 Å². The highest BCUT2D eigenvalue weighted by Gasteiger charge is 2.32. The van der Waals surface area contributed by atoms with E-state index in [0.717, 1.165) is 18.9 Å². The summed E-state index contributed by atoms with van der Waals surface area (Å²) in [4.78, 5) is 27.5. The van der Waals surface area contributed by atoms with Crippen LogP contribution in [-0.4, -0.2) is 45.1 Å². The molecule has 1 amide bonds. The van der Waals surface area contributed by atoms with E-state index in [1.54, 1.807) is 16.8 Å². The molecule has 1 saturated heterocycles. The van der Waals surface area contributed by atoms with Crippen LogP contribution < -0.4 is 10.9 Å². The highest BCUT2D eigenvalue weighted by molar-refractivity contribution is 5.83. The van der Waals surface area contributed by atoms with Crippen molar-refractivity contribution in [2.24, 2.45) is 0 Å². The Morgan fingerprint density at radius 3 is 2.62 bits per heavy atom. The van der Waals surface area contributed by atoms with Crippen molar-refractivity contribution in [2.75, 3.05) is 18.4 Å². The number of aromatic amines is 1. The van der Waals surface area contributed by atoms with Gasteiger partial charge in [-0.15, -0.1) is 5.10 Å². The van der Waals surface area contributed by atoms with Crippen molar-refractivity contribution in [3.63, 3.8) is 0 Å². The van der Waals surface area contributed by atoms with Crippen LogP contribution in [0.3, 0.4) is 0 Å². The van der Waals surface area contributed by atoms with E-state index in [2.05, 4.69) is 15.5 Å². The summed E-state index contributed by atoms with van der Waals surface area (Å²) in [5.41, 5.74) is -2.37. The van der Waals surface area contributed by atoms with Crippen LogP contribution in [0.4, 0.5) is 19.2 Å². The van der Waals surface area contributed by atoms with E-state index in [9.17, 15) is 22.8 Å². The number of aromatic nitrogens is 3. The number of rotatable bonds is 4. The fraction of sp³-hybridized carbons (Fsp3) is 0.467. The Kier molecular flexibility index (Phi) is 4.70. The van der Waals surface area contributed by atoms with E-state index in [1.807, 2.05) is 0 Å². The number of carbonyl (C=O) groups is 1. The number of carbonyl (C=O) groups excluding carboxylic acids is 1. The molecule has 0 spiro atoms. The highest BCUT2D eigenvalue weighted by atomic mass is 19.4. The van der Waals surface area contributed by atoms with Crippen LogP contribution in [0.5, 0.6) is 0 Å². The summed E-state index contributed by atoms with van der Waals surface area (Å²) >= 11 is 0. The summed E-state index contributed by atoms with van der Waals surface area (Å²) in [6.07, 6.45) is -2.75. The minimum Gasteiger partial charge on any atom is -0.403 e. The molecule has 0 aromatic carbocycles. The lowest BCUT2D eigenvalue weighted by Gasteiger charge is -2.20. The lowest BCUT2D eigenvalue weighted by atomic mass is 10.2. The standard InChI is InChI=1S/C15H16F3N5O3/c1-8(13(25)23-6-2-3-7-23)19-14-22-21-12(26-14)9-4-5-10(15(16,17)18)20-11(9)24/h4-5,8H,2-3,6-7H2,1H3,(H,19,22)(H,20,24). The zero-order valence-electron chi connectivity index (χ0n) is 13.8. The number of hydrogen-bond donors (Lipinski definition) is 2. The monoisotopic (exact) mass is 371 g/mol. The molecule has 0 bridgehead atoms. The molecule has 1 atom stereocenters. The Bertz CT molecular complexity index is 855. The smallest absolute Gasteiger partial charge is 0.403 e. The Labute approximate surface area is 145 Å². The molecule has 140 valence electrons. The van der Waals surface area contributed by atoms with Crippen LogP contribution >= 0.6 is 0 Å². The van der Waals surface area contributed by atoms with Crippen molar-refractivity contribution in [2.45, 2.75) is 32.0 Å². The molecule has 3 rings (SSSR count). The average molecular weight is 371 g/mol. The van der Waals surface area contributed by atoms with Crippen LogP contribution in [0, 0.1) is 0 Å². The molecule has 3 heterocycles. The summed E-state index contributed by atoms with van der Waals surface area (Å²) in [6, 6.07) is 0.956. The van der Waals surface area contributed by atoms with Gasteiger partial charge in [0.1, 0.15) is 17.3 Å². The van der Waals surface area contributed by atoms with Crippen molar-refractivity contribution in [1.82, 2.24) is 20.1 Å². The first-order chi connectivity index (χ1) is 12.3. The van der Waals surface area contributed by atoms with Gasteiger partial charge in [-0.1, -0.05) is 5.10 Å². The van der Waals surface area contributed by atoms with Crippen LogP contribution in [0.25, 0.3) is 11.5 Å². The maximum Gasteiger partial charge on any atom is 0.431 e. The molecule has 1 aliphatic rings. The third-order valence-corrected chi connectivity index (χ3v) is 4.00. The second-order valence-corrected chi connectivity index (χ2v) is 5.92. The fourth-order valence-corrected chi connectivity index (χ4v) is 2.66. The Morgan fingerprint density at radius 1 is 1.31 bits per heavy atom. The molecule has 0 radical (unpaired) electrons. The fourth-order valence-electron chi connectivity index (χ4n) is 2.66. The van der Waals surface area contributed by atoms with Crippen molar-refractivity contribution >= 4 is 11.9 Å². The average Bonchev–Trinajstić information content (AvgIpc) is 3.25. The molecule has 11 heteroatoms. The number of nitrogens with one attached hydrogen (secondary N) is 2. The second-order valence-electron chi connectivity index (χ2n) is 5.92. The van der Waals surface area contributed by atoms with Gasteiger partial charge in [-0.25, -0.2) is 0 Å². The van der Waals surface area contributed by atoms with Crippen LogP contribution in [-0.2, 0) is 11.0 Å². The van der Waals surface area contributed by atoms with Crippen LogP contribution in [0.1, 0.15) is 25.5 Å². The zero-order chi connectivity index (χ0) is 18.9. The molecule has 1 fully saturated rings. The van der Waals surface area contributed by atoms with Gasteiger partial charge in [-0.3, -0.25) is 9.59 Å². The molecule has 0 aliphatic carbocycles. The van der Waals surface area contributed by atoms with Gasteiger partial charge in [0.15, 0.2) is 0 Å². The first-order valence-corrected chi connectivity index (χ1v) is 7.95. The molecule has 2 aromatic heterocycles. The Hall–Kier alpha value is -2.85. The van der Waals surface area contributed by atoms with Gasteiger partial charge in [0, 0.05) is 13.1 Å². The molecular formula is C15H16F3N5O3. The number of alkyl halides is 3. The summed E-state index contributed by atoms with van der Waals surface area (Å²) in [5.74, 6) is -0.363. The molecule has 8 nitrogen and oxygen atoms in total. The van der Waals surface area contributed by atoms with Gasteiger partial charge >= 0.3 is 12.2 Å². The molecule has 1 unspecified atom stereocenters. The predicted molar refractivity (Wildman–Crippen MR) is 84.3 cm³/mol. The highest BCUT2D eigenvalue weighted by Crippen LogP contribution is 2.27. The minimum absolute atomic E-state index is 0.0978. The number of halogens is 3. The molecular weight excluding hydrogens is 355 g/mol. The zero-order valence-corrected chi connectivity index (χ0v) is 13.8. The van der Waals surface area contributed by atoms with Gasteiger partial charge in [0.2, 0.25) is 5.91 Å². The maximum atomic E-state index is 12.6. The predicted octanol–water partition coefficient (Wildman–Crippen LogP) is 1.87. The van der Waals surface area contributed by atoms with E-state index in [0.29, 0.717) is 19.2 Å². The largest absolute Gasteiger partial charge is 0.431 e. The number of hydrogen-bond acceptors (Lipinski definition) is 6. The molecule has 2 aromatic rings. The van der Waals surface area contributed by atoms with Gasteiger partial charge < -0.3 is 19.6 Å². The summed E-state index contributed by atoms with van der Waals surface area (Å²) in [6.45, 7) is 3.02. The van der Waals surface area contributed by atoms with Crippen molar-refractivity contribution in [3.8, 4) is 11.5 Å². The lowest BCUT2D eigenvalue weighted by molar-refractivity contribution is -0.141. The summed E-state index contributed by atoms with van der Waals surface area (Å²) < 4.78 is 43.0. The van der Waals surface area contributed by atoms with Crippen LogP contribution in [0.2, 0.25) is 0 Å². The van der Waals surface area contributed by atoms with Crippen molar-refractivity contribution < 1.29 is 22.4 Å². The number of pyridine rings is 1. The van der Waals surface area contributed by atoms with Crippen LogP contribution in [0.15, 0.2) is 21.3 Å². The number of amides is 1. The molecule has 2 N–H and O–H groups in total. The van der Waals surface area contributed by atoms with Gasteiger partial charge in [-0.05, 0) is 31.9 Å². The maximum absolute atomic E-state index is 12.6. The van der Waals surface area contributed by atoms with Crippen molar-refractivity contribution in [3.05, 3.63) is 28.2 Å². The number of likely N-dealkylation sites (tertiary alicyclic amines) is 1. The SMILES string of the molecule is CC(Nc1nnc(-c2ccc(C(F)(F)F)[nH]c2=O)o1)C(=O)N1CCCC1. The van der Waals surface area contributed by atoms with Crippen molar-refractivity contribution in [1.29, 1.82) is 0 Å². The Morgan fingerprint density at radius 2 is 2.00 bits per heavy atom. The quantitative estimate of drug-likeness (QED) is 0.850. The number of anilines is 1. The number of H-pyrrole nitrogens is 1. The Balaban J connectivity index is 1.73. The lowest BCUT2D eigenvalue weighted by Crippen LogP contribution is -2.39. The van der Waals surface area contributed by atoms with E-state index < -0.39 is 23.5 Å². The van der Waals surface area contributed by atoms with E-state index in [4.69, 9.17) is 4.42 Å². The third-order valence-electron chi connectivity index (χ3n) is 4.00. The molecule has 0 saturated carbocycles. The minimum atomic E-state index is -4.66. The topological polar surface area (TPSA) is 104 Å². The first kappa shape index (κ1) is 18.0. The van der Waals surface area contributed by atoms with E-state index >= 15 is 0 Å². The van der Waals surface area contributed by atoms with E-state index in [-0.39, 0.29) is 23.4 Å². The first-order valence-electron chi connectivity index (χ1n) is 7.95. The summed E-state index contributed by atoms with van der Waals surface area (Å²) in [5, 5.41) is 10.1. The molecule has 26 heavy (non-hydrogen) atoms.